The Morgan fingerprint density at radius 2 is 1.73 bits per heavy atom. The number of aromatic nitrogens is 3. The molecule has 0 unspecified atom stereocenters. The van der Waals surface area contributed by atoms with Crippen LogP contribution in [-0.4, -0.2) is 25.7 Å². The predicted molar refractivity (Wildman–Crippen MR) is 98.8 cm³/mol. The van der Waals surface area contributed by atoms with Crippen molar-refractivity contribution in [1.29, 1.82) is 0 Å². The summed E-state index contributed by atoms with van der Waals surface area (Å²) in [6.07, 6.45) is 3.07. The molecule has 0 aliphatic heterocycles. The molecule has 1 fully saturated rings. The summed E-state index contributed by atoms with van der Waals surface area (Å²) in [6.45, 7) is 4.40. The van der Waals surface area contributed by atoms with E-state index in [9.17, 15) is 19.2 Å². The molecular weight excluding hydrogens is 336 g/mol. The van der Waals surface area contributed by atoms with Crippen LogP contribution in [0.25, 0.3) is 11.0 Å². The first-order valence-electron chi connectivity index (χ1n) is 9.08. The van der Waals surface area contributed by atoms with Gasteiger partial charge in [0, 0.05) is 32.2 Å². The molecule has 140 valence electrons. The number of amides is 1. The van der Waals surface area contributed by atoms with Gasteiger partial charge in [-0.15, -0.1) is 0 Å². The molecule has 1 aliphatic rings. The van der Waals surface area contributed by atoms with Crippen molar-refractivity contribution < 1.29 is 4.79 Å². The topological polar surface area (TPSA) is 95.1 Å². The van der Waals surface area contributed by atoms with Crippen LogP contribution in [0.3, 0.4) is 0 Å². The van der Waals surface area contributed by atoms with Gasteiger partial charge in [0.25, 0.3) is 17.0 Å². The highest BCUT2D eigenvalue weighted by atomic mass is 16.2. The maximum absolute atomic E-state index is 13.0. The minimum Gasteiger partial charge on any atom is -0.349 e. The van der Waals surface area contributed by atoms with Gasteiger partial charge >= 0.3 is 5.69 Å². The Morgan fingerprint density at radius 1 is 1.12 bits per heavy atom. The Bertz CT molecular complexity index is 1040. The fraction of sp³-hybridized carbons (Fsp3) is 0.556. The highest BCUT2D eigenvalue weighted by Gasteiger charge is 2.27. The Morgan fingerprint density at radius 3 is 2.31 bits per heavy atom. The lowest BCUT2D eigenvalue weighted by Gasteiger charge is -2.17. The maximum Gasteiger partial charge on any atom is 0.332 e. The molecule has 8 nitrogen and oxygen atoms in total. The van der Waals surface area contributed by atoms with Crippen LogP contribution in [-0.2, 0) is 20.1 Å². The quantitative estimate of drug-likeness (QED) is 0.815. The summed E-state index contributed by atoms with van der Waals surface area (Å²) in [5, 5.41) is 2.96. The van der Waals surface area contributed by atoms with Crippen molar-refractivity contribution in [2.45, 2.75) is 58.7 Å². The van der Waals surface area contributed by atoms with Gasteiger partial charge in [-0.3, -0.25) is 28.1 Å². The summed E-state index contributed by atoms with van der Waals surface area (Å²) in [5.41, 5.74) is -1.12. The number of hydrogen-bond acceptors (Lipinski definition) is 4. The standard InChI is InChI=1S/C18H24N4O4/c1-4-8-21-13(23)10-12(15(24)19-11-6-7-11)14-16(21)20(3)18(26)22(9-5-2)17(14)25/h10-11H,4-9H2,1-3H3,(H,19,24). The molecule has 1 amide bonds. The van der Waals surface area contributed by atoms with Crippen LogP contribution in [0, 0.1) is 0 Å². The maximum atomic E-state index is 13.0. The number of rotatable bonds is 6. The lowest BCUT2D eigenvalue weighted by atomic mass is 10.1. The fourth-order valence-corrected chi connectivity index (χ4v) is 3.22. The summed E-state index contributed by atoms with van der Waals surface area (Å²) >= 11 is 0. The zero-order valence-electron chi connectivity index (χ0n) is 15.4. The molecule has 0 atom stereocenters. The van der Waals surface area contributed by atoms with Crippen LogP contribution >= 0.6 is 0 Å². The average molecular weight is 360 g/mol. The minimum absolute atomic E-state index is 0.0507. The van der Waals surface area contributed by atoms with Crippen molar-refractivity contribution in [3.05, 3.63) is 42.8 Å². The monoisotopic (exact) mass is 360 g/mol. The average Bonchev–Trinajstić information content (AvgIpc) is 3.42. The van der Waals surface area contributed by atoms with E-state index in [0.29, 0.717) is 19.4 Å². The zero-order chi connectivity index (χ0) is 19.0. The summed E-state index contributed by atoms with van der Waals surface area (Å²) in [7, 11) is 1.53. The van der Waals surface area contributed by atoms with Crippen LogP contribution < -0.4 is 22.1 Å². The SMILES string of the molecule is CCCn1c(=O)c2c(C(=O)NC3CC3)cc(=O)n(CCC)c2n(C)c1=O. The molecule has 0 radical (unpaired) electrons. The molecule has 3 rings (SSSR count). The summed E-state index contributed by atoms with van der Waals surface area (Å²) in [6, 6.07) is 1.32. The lowest BCUT2D eigenvalue weighted by Crippen LogP contribution is -2.43. The second-order valence-electron chi connectivity index (χ2n) is 6.79. The molecule has 1 N–H and O–H groups in total. The zero-order valence-corrected chi connectivity index (χ0v) is 15.4. The summed E-state index contributed by atoms with van der Waals surface area (Å²) < 4.78 is 3.84. The van der Waals surface area contributed by atoms with E-state index in [4.69, 9.17) is 0 Å². The van der Waals surface area contributed by atoms with Crippen molar-refractivity contribution in [3.8, 4) is 0 Å². The Labute approximate surface area is 150 Å². The molecule has 1 saturated carbocycles. The number of nitrogens with zero attached hydrogens (tertiary/aromatic N) is 3. The van der Waals surface area contributed by atoms with Crippen molar-refractivity contribution in [1.82, 2.24) is 19.0 Å². The van der Waals surface area contributed by atoms with E-state index in [1.165, 1.54) is 22.2 Å². The number of carbonyl (C=O) groups is 1. The Hall–Kier alpha value is -2.64. The van der Waals surface area contributed by atoms with Crippen molar-refractivity contribution in [2.75, 3.05) is 0 Å². The molecule has 0 spiro atoms. The highest BCUT2D eigenvalue weighted by molar-refractivity contribution is 6.05. The second kappa shape index (κ2) is 6.93. The molecule has 0 aromatic carbocycles. The number of fused-ring (bicyclic) bond motifs is 1. The number of aryl methyl sites for hydroxylation is 2. The van der Waals surface area contributed by atoms with Gasteiger partial charge in [0.15, 0.2) is 0 Å². The van der Waals surface area contributed by atoms with Crippen molar-refractivity contribution in [3.63, 3.8) is 0 Å². The molecule has 8 heteroatoms. The van der Waals surface area contributed by atoms with Gasteiger partial charge in [-0.05, 0) is 25.7 Å². The van der Waals surface area contributed by atoms with Gasteiger partial charge in [0.2, 0.25) is 0 Å². The molecule has 2 aromatic rings. The fourth-order valence-electron chi connectivity index (χ4n) is 3.22. The number of pyridine rings is 1. The Kier molecular flexibility index (Phi) is 4.84. The van der Waals surface area contributed by atoms with E-state index >= 15 is 0 Å². The normalized spacial score (nSPS) is 14.0. The number of hydrogen-bond donors (Lipinski definition) is 1. The van der Waals surface area contributed by atoms with Crippen LogP contribution in [0.5, 0.6) is 0 Å². The summed E-state index contributed by atoms with van der Waals surface area (Å²) in [5.74, 6) is -0.433. The first-order chi connectivity index (χ1) is 12.4. The summed E-state index contributed by atoms with van der Waals surface area (Å²) in [4.78, 5) is 50.9. The van der Waals surface area contributed by atoms with Crippen molar-refractivity contribution >= 4 is 16.9 Å². The van der Waals surface area contributed by atoms with E-state index in [1.54, 1.807) is 0 Å². The minimum atomic E-state index is -0.518. The van der Waals surface area contributed by atoms with E-state index in [1.807, 2.05) is 13.8 Å². The van der Waals surface area contributed by atoms with Crippen LogP contribution in [0.2, 0.25) is 0 Å². The molecule has 26 heavy (non-hydrogen) atoms. The third-order valence-corrected chi connectivity index (χ3v) is 4.63. The first-order valence-corrected chi connectivity index (χ1v) is 9.08. The van der Waals surface area contributed by atoms with E-state index in [0.717, 1.165) is 17.4 Å². The van der Waals surface area contributed by atoms with Crippen molar-refractivity contribution in [2.24, 2.45) is 7.05 Å². The van der Waals surface area contributed by atoms with E-state index in [2.05, 4.69) is 5.32 Å². The predicted octanol–water partition coefficient (Wildman–Crippen LogP) is 0.574. The van der Waals surface area contributed by atoms with Gasteiger partial charge in [0.05, 0.1) is 10.9 Å². The molecule has 1 aliphatic carbocycles. The van der Waals surface area contributed by atoms with Gasteiger partial charge < -0.3 is 5.32 Å². The van der Waals surface area contributed by atoms with Crippen LogP contribution in [0.4, 0.5) is 0 Å². The van der Waals surface area contributed by atoms with E-state index in [-0.39, 0.29) is 34.7 Å². The van der Waals surface area contributed by atoms with Gasteiger partial charge in [-0.2, -0.15) is 0 Å². The molecule has 0 bridgehead atoms. The second-order valence-corrected chi connectivity index (χ2v) is 6.79. The smallest absolute Gasteiger partial charge is 0.332 e. The molecule has 2 aromatic heterocycles. The van der Waals surface area contributed by atoms with E-state index < -0.39 is 17.2 Å². The number of carbonyl (C=O) groups excluding carboxylic acids is 1. The van der Waals surface area contributed by atoms with Gasteiger partial charge in [-0.25, -0.2) is 4.79 Å². The number of nitrogens with one attached hydrogen (secondary N) is 1. The molecular formula is C18H24N4O4. The Balaban J connectivity index is 2.42. The highest BCUT2D eigenvalue weighted by Crippen LogP contribution is 2.20. The molecule has 2 heterocycles. The molecule has 0 saturated heterocycles. The van der Waals surface area contributed by atoms with Gasteiger partial charge in [0.1, 0.15) is 5.65 Å². The third-order valence-electron chi connectivity index (χ3n) is 4.63. The van der Waals surface area contributed by atoms with Crippen LogP contribution in [0.1, 0.15) is 49.9 Å². The third kappa shape index (κ3) is 3.00. The van der Waals surface area contributed by atoms with Crippen LogP contribution in [0.15, 0.2) is 20.4 Å². The first kappa shape index (κ1) is 18.2. The lowest BCUT2D eigenvalue weighted by molar-refractivity contribution is 0.0952. The largest absolute Gasteiger partial charge is 0.349 e. The van der Waals surface area contributed by atoms with Gasteiger partial charge in [-0.1, -0.05) is 13.8 Å².